The quantitative estimate of drug-likeness (QED) is 0.558. The molecule has 0 saturated carbocycles. The summed E-state index contributed by atoms with van der Waals surface area (Å²) in [6, 6.07) is 12.5. The molecule has 1 fully saturated rings. The number of anilines is 1. The number of hydrogen-bond donors (Lipinski definition) is 1. The fourth-order valence-electron chi connectivity index (χ4n) is 4.20. The molecule has 1 unspecified atom stereocenters. The minimum absolute atomic E-state index is 0.178. The Bertz CT molecular complexity index is 1210. The zero-order valence-electron chi connectivity index (χ0n) is 18.8. The maximum absolute atomic E-state index is 12.9. The van der Waals surface area contributed by atoms with Gasteiger partial charge in [-0.2, -0.15) is 4.31 Å². The molecule has 1 aliphatic rings. The van der Waals surface area contributed by atoms with E-state index >= 15 is 0 Å². The second-order valence-corrected chi connectivity index (χ2v) is 11.0. The van der Waals surface area contributed by atoms with Gasteiger partial charge in [-0.1, -0.05) is 26.8 Å². The van der Waals surface area contributed by atoms with Crippen molar-refractivity contribution in [3.8, 4) is 0 Å². The van der Waals surface area contributed by atoms with Crippen molar-refractivity contribution in [3.63, 3.8) is 0 Å². The van der Waals surface area contributed by atoms with Crippen LogP contribution in [0.4, 0.5) is 5.69 Å². The lowest BCUT2D eigenvalue weighted by Crippen LogP contribution is -2.39. The molecule has 3 aromatic rings. The zero-order valence-corrected chi connectivity index (χ0v) is 19.6. The van der Waals surface area contributed by atoms with Gasteiger partial charge in [0.2, 0.25) is 15.9 Å². The van der Waals surface area contributed by atoms with Crippen molar-refractivity contribution >= 4 is 32.6 Å². The summed E-state index contributed by atoms with van der Waals surface area (Å²) >= 11 is 0. The van der Waals surface area contributed by atoms with Gasteiger partial charge in [-0.15, -0.1) is 0 Å². The smallest absolute Gasteiger partial charge is 0.243 e. The Labute approximate surface area is 189 Å². The molecule has 4 rings (SSSR count). The molecule has 0 spiro atoms. The van der Waals surface area contributed by atoms with E-state index in [4.69, 9.17) is 4.42 Å². The summed E-state index contributed by atoms with van der Waals surface area (Å²) < 4.78 is 33.0. The predicted octanol–water partition coefficient (Wildman–Crippen LogP) is 5.16. The van der Waals surface area contributed by atoms with Gasteiger partial charge < -0.3 is 9.73 Å². The van der Waals surface area contributed by atoms with Crippen LogP contribution in [-0.2, 0) is 21.2 Å². The maximum atomic E-state index is 12.9. The molecule has 1 amide bonds. The van der Waals surface area contributed by atoms with Crippen LogP contribution >= 0.6 is 0 Å². The summed E-state index contributed by atoms with van der Waals surface area (Å²) in [7, 11) is -3.51. The molecule has 1 aliphatic heterocycles. The number of nitrogens with zero attached hydrogens (tertiary/aromatic N) is 1. The molecule has 1 aromatic heterocycles. The number of hydrogen-bond acceptors (Lipinski definition) is 4. The molecular weight excluding hydrogens is 424 g/mol. The highest BCUT2D eigenvalue weighted by Gasteiger charge is 2.28. The predicted molar refractivity (Wildman–Crippen MR) is 126 cm³/mol. The highest BCUT2D eigenvalue weighted by atomic mass is 32.2. The molecule has 0 bridgehead atoms. The minimum atomic E-state index is -3.51. The number of piperidine rings is 1. The van der Waals surface area contributed by atoms with Crippen LogP contribution in [-0.4, -0.2) is 31.7 Å². The number of amides is 1. The lowest BCUT2D eigenvalue weighted by Gasteiger charge is -2.30. The summed E-state index contributed by atoms with van der Waals surface area (Å²) in [5, 5.41) is 3.81. The van der Waals surface area contributed by atoms with E-state index < -0.39 is 10.0 Å². The van der Waals surface area contributed by atoms with E-state index in [1.165, 1.54) is 5.56 Å². The fourth-order valence-corrected chi connectivity index (χ4v) is 5.80. The van der Waals surface area contributed by atoms with E-state index in [2.05, 4.69) is 32.2 Å². The van der Waals surface area contributed by atoms with Gasteiger partial charge in [0.1, 0.15) is 5.58 Å². The third-order valence-electron chi connectivity index (χ3n) is 6.09. The molecule has 2 heterocycles. The van der Waals surface area contributed by atoms with Crippen LogP contribution in [0.25, 0.3) is 11.0 Å². The Balaban J connectivity index is 1.44. The van der Waals surface area contributed by atoms with Gasteiger partial charge in [-0.05, 0) is 66.6 Å². The molecule has 1 atom stereocenters. The third-order valence-corrected chi connectivity index (χ3v) is 7.97. The van der Waals surface area contributed by atoms with Crippen molar-refractivity contribution in [2.75, 3.05) is 18.4 Å². The van der Waals surface area contributed by atoms with Crippen LogP contribution in [0.3, 0.4) is 0 Å². The summed E-state index contributed by atoms with van der Waals surface area (Å²) in [4.78, 5) is 12.9. The molecule has 32 heavy (non-hydrogen) atoms. The lowest BCUT2D eigenvalue weighted by molar-refractivity contribution is -0.115. The Morgan fingerprint density at radius 1 is 1.19 bits per heavy atom. The largest absolute Gasteiger partial charge is 0.464 e. The second kappa shape index (κ2) is 9.08. The second-order valence-electron chi connectivity index (χ2n) is 9.03. The fraction of sp³-hybridized carbons (Fsp3) is 0.400. The van der Waals surface area contributed by atoms with Crippen molar-refractivity contribution in [1.29, 1.82) is 0 Å². The van der Waals surface area contributed by atoms with Crippen molar-refractivity contribution in [2.45, 2.75) is 50.8 Å². The van der Waals surface area contributed by atoms with Crippen LogP contribution < -0.4 is 5.32 Å². The Kier molecular flexibility index (Phi) is 6.40. The van der Waals surface area contributed by atoms with Crippen LogP contribution in [0, 0.1) is 5.92 Å². The van der Waals surface area contributed by atoms with E-state index in [9.17, 15) is 13.2 Å². The molecular formula is C25H30N2O4S. The van der Waals surface area contributed by atoms with Gasteiger partial charge in [0, 0.05) is 29.7 Å². The Morgan fingerprint density at radius 2 is 1.94 bits per heavy atom. The molecule has 1 N–H and O–H groups in total. The van der Waals surface area contributed by atoms with E-state index in [1.807, 2.05) is 12.1 Å². The van der Waals surface area contributed by atoms with E-state index in [1.54, 1.807) is 34.8 Å². The zero-order chi connectivity index (χ0) is 22.9. The molecule has 2 aromatic carbocycles. The third kappa shape index (κ3) is 4.74. The maximum Gasteiger partial charge on any atom is 0.243 e. The average molecular weight is 455 g/mol. The first-order valence-electron chi connectivity index (χ1n) is 11.1. The van der Waals surface area contributed by atoms with Gasteiger partial charge in [-0.25, -0.2) is 8.42 Å². The monoisotopic (exact) mass is 454 g/mol. The highest BCUT2D eigenvalue weighted by Crippen LogP contribution is 2.27. The number of rotatable bonds is 6. The van der Waals surface area contributed by atoms with Crippen LogP contribution in [0.2, 0.25) is 0 Å². The van der Waals surface area contributed by atoms with Crippen LogP contribution in [0.15, 0.2) is 58.0 Å². The number of sulfonamides is 1. The molecule has 7 heteroatoms. The minimum Gasteiger partial charge on any atom is -0.464 e. The summed E-state index contributed by atoms with van der Waals surface area (Å²) in [5.41, 5.74) is 3.36. The van der Waals surface area contributed by atoms with Crippen molar-refractivity contribution < 1.29 is 17.6 Å². The number of nitrogens with one attached hydrogen (secondary N) is 1. The number of carbonyl (C=O) groups is 1. The number of fused-ring (bicyclic) bond motifs is 1. The Morgan fingerprint density at radius 3 is 2.62 bits per heavy atom. The first-order valence-corrected chi connectivity index (χ1v) is 12.6. The van der Waals surface area contributed by atoms with E-state index in [0.717, 1.165) is 29.4 Å². The lowest BCUT2D eigenvalue weighted by atomic mass is 10.00. The molecule has 170 valence electrons. The Hall–Kier alpha value is -2.64. The average Bonchev–Trinajstić information content (AvgIpc) is 3.16. The normalized spacial score (nSPS) is 17.7. The van der Waals surface area contributed by atoms with Gasteiger partial charge in [0.25, 0.3) is 0 Å². The van der Waals surface area contributed by atoms with Crippen LogP contribution in [0.5, 0.6) is 0 Å². The van der Waals surface area contributed by atoms with E-state index in [0.29, 0.717) is 30.6 Å². The van der Waals surface area contributed by atoms with Crippen LogP contribution in [0.1, 0.15) is 50.7 Å². The van der Waals surface area contributed by atoms with E-state index in [-0.39, 0.29) is 17.2 Å². The van der Waals surface area contributed by atoms with Crippen molar-refractivity contribution in [1.82, 2.24) is 4.31 Å². The number of benzene rings is 2. The summed E-state index contributed by atoms with van der Waals surface area (Å²) in [5.74, 6) is 0.578. The molecule has 0 aliphatic carbocycles. The van der Waals surface area contributed by atoms with Gasteiger partial charge in [-0.3, -0.25) is 4.79 Å². The van der Waals surface area contributed by atoms with Crippen molar-refractivity contribution in [3.05, 3.63) is 59.9 Å². The first kappa shape index (κ1) is 22.6. The first-order chi connectivity index (χ1) is 15.2. The van der Waals surface area contributed by atoms with Gasteiger partial charge >= 0.3 is 0 Å². The number of furan rings is 1. The topological polar surface area (TPSA) is 79.6 Å². The summed E-state index contributed by atoms with van der Waals surface area (Å²) in [6.07, 6.45) is 3.75. The van der Waals surface area contributed by atoms with Gasteiger partial charge in [0.05, 0.1) is 17.6 Å². The number of carbonyl (C=O) groups excluding carboxylic acids is 1. The highest BCUT2D eigenvalue weighted by molar-refractivity contribution is 7.89. The van der Waals surface area contributed by atoms with Crippen molar-refractivity contribution in [2.24, 2.45) is 5.92 Å². The SMILES string of the molecule is CC1CCCN(S(=O)(=O)c2ccc(NC(=O)Cc3coc4ccc(C(C)C)cc34)cc2)C1. The molecule has 1 saturated heterocycles. The van der Waals surface area contributed by atoms with Gasteiger partial charge in [0.15, 0.2) is 0 Å². The molecule has 6 nitrogen and oxygen atoms in total. The summed E-state index contributed by atoms with van der Waals surface area (Å²) in [6.45, 7) is 7.44. The standard InChI is InChI=1S/C25H30N2O4S/c1-17(2)19-6-11-24-23(13-19)20(16-31-24)14-25(28)26-21-7-9-22(10-8-21)32(29,30)27-12-4-5-18(3)15-27/h6-11,13,16-18H,4-5,12,14-15H2,1-3H3,(H,26,28). The molecule has 0 radical (unpaired) electrons.